The summed E-state index contributed by atoms with van der Waals surface area (Å²) in [5.41, 5.74) is 3.85. The zero-order chi connectivity index (χ0) is 21.7. The number of ether oxygens (including phenoxy) is 3. The summed E-state index contributed by atoms with van der Waals surface area (Å²) in [6, 6.07) is 9.51. The van der Waals surface area contributed by atoms with Crippen LogP contribution in [0.3, 0.4) is 0 Å². The summed E-state index contributed by atoms with van der Waals surface area (Å²) in [4.78, 5) is 15.2. The number of allylic oxidation sites excluding steroid dienone is 1. The molecule has 0 spiro atoms. The number of methoxy groups -OCH3 is 2. The number of fused-ring (bicyclic) bond motifs is 1. The zero-order valence-corrected chi connectivity index (χ0v) is 18.0. The van der Waals surface area contributed by atoms with Crippen molar-refractivity contribution in [3.8, 4) is 11.5 Å². The van der Waals surface area contributed by atoms with Gasteiger partial charge in [-0.15, -0.1) is 0 Å². The Labute approximate surface area is 177 Å². The SMILES string of the molecule is COCCN(CCOC)Cc1c(O)cc(C)c2c1O/C(=C/c1ccc(C)cc1)C2=O. The molecule has 0 fully saturated rings. The lowest BCUT2D eigenvalue weighted by molar-refractivity contribution is 0.101. The Kier molecular flexibility index (Phi) is 7.26. The Balaban J connectivity index is 1.94. The van der Waals surface area contributed by atoms with Gasteiger partial charge in [0, 0.05) is 33.9 Å². The Morgan fingerprint density at radius 2 is 1.70 bits per heavy atom. The number of ketones is 1. The van der Waals surface area contributed by atoms with E-state index in [0.29, 0.717) is 55.3 Å². The van der Waals surface area contributed by atoms with E-state index >= 15 is 0 Å². The molecule has 0 aliphatic carbocycles. The summed E-state index contributed by atoms with van der Waals surface area (Å²) >= 11 is 0. The van der Waals surface area contributed by atoms with Crippen LogP contribution < -0.4 is 4.74 Å². The number of benzene rings is 2. The standard InChI is InChI=1S/C24H29NO5/c1-16-5-7-18(8-6-16)14-21-23(27)22-17(2)13-20(26)19(24(22)30-21)15-25(9-11-28-3)10-12-29-4/h5-8,13-14,26H,9-12,15H2,1-4H3/b21-14+. The minimum Gasteiger partial charge on any atom is -0.507 e. The van der Waals surface area contributed by atoms with E-state index in [1.54, 1.807) is 26.4 Å². The van der Waals surface area contributed by atoms with Crippen LogP contribution in [0.25, 0.3) is 6.08 Å². The molecule has 0 saturated heterocycles. The lowest BCUT2D eigenvalue weighted by Gasteiger charge is -2.23. The number of carbonyl (C=O) groups is 1. The molecule has 6 heteroatoms. The lowest BCUT2D eigenvalue weighted by Crippen LogP contribution is -2.30. The molecular weight excluding hydrogens is 382 g/mol. The van der Waals surface area contributed by atoms with Gasteiger partial charge in [-0.3, -0.25) is 9.69 Å². The number of carbonyl (C=O) groups excluding carboxylic acids is 1. The number of rotatable bonds is 9. The molecule has 1 aliphatic heterocycles. The molecule has 0 radical (unpaired) electrons. The van der Waals surface area contributed by atoms with E-state index < -0.39 is 0 Å². The van der Waals surface area contributed by atoms with Crippen molar-refractivity contribution in [1.82, 2.24) is 4.90 Å². The fourth-order valence-corrected chi connectivity index (χ4v) is 3.48. The molecule has 2 aromatic rings. The molecule has 0 atom stereocenters. The second kappa shape index (κ2) is 9.89. The highest BCUT2D eigenvalue weighted by atomic mass is 16.5. The Morgan fingerprint density at radius 1 is 1.07 bits per heavy atom. The minimum atomic E-state index is -0.162. The van der Waals surface area contributed by atoms with Crippen LogP contribution in [0.4, 0.5) is 0 Å². The van der Waals surface area contributed by atoms with Crippen LogP contribution >= 0.6 is 0 Å². The Bertz CT molecular complexity index is 926. The van der Waals surface area contributed by atoms with E-state index in [1.807, 2.05) is 38.1 Å². The number of hydrogen-bond donors (Lipinski definition) is 1. The summed E-state index contributed by atoms with van der Waals surface area (Å²) in [5, 5.41) is 10.6. The largest absolute Gasteiger partial charge is 0.507 e. The van der Waals surface area contributed by atoms with Crippen LogP contribution in [-0.4, -0.2) is 56.3 Å². The molecular formula is C24H29NO5. The van der Waals surface area contributed by atoms with Crippen molar-refractivity contribution in [2.24, 2.45) is 0 Å². The first-order valence-corrected chi connectivity index (χ1v) is 10.0. The fourth-order valence-electron chi connectivity index (χ4n) is 3.48. The van der Waals surface area contributed by atoms with E-state index in [1.165, 1.54) is 0 Å². The topological polar surface area (TPSA) is 68.2 Å². The second-order valence-electron chi connectivity index (χ2n) is 7.51. The first kappa shape index (κ1) is 22.0. The number of hydrogen-bond acceptors (Lipinski definition) is 6. The van der Waals surface area contributed by atoms with Crippen molar-refractivity contribution in [2.75, 3.05) is 40.5 Å². The van der Waals surface area contributed by atoms with Crippen LogP contribution in [0.2, 0.25) is 0 Å². The van der Waals surface area contributed by atoms with E-state index in [9.17, 15) is 9.90 Å². The van der Waals surface area contributed by atoms with Crippen LogP contribution in [0.1, 0.15) is 32.6 Å². The Hall–Kier alpha value is -2.67. The van der Waals surface area contributed by atoms with Crippen LogP contribution in [0.5, 0.6) is 11.5 Å². The molecule has 1 aliphatic rings. The molecule has 0 aromatic heterocycles. The Morgan fingerprint density at radius 3 is 2.30 bits per heavy atom. The summed E-state index contributed by atoms with van der Waals surface area (Å²) in [7, 11) is 3.30. The molecule has 2 aromatic carbocycles. The van der Waals surface area contributed by atoms with Gasteiger partial charge >= 0.3 is 0 Å². The molecule has 0 unspecified atom stereocenters. The van der Waals surface area contributed by atoms with Crippen molar-refractivity contribution in [1.29, 1.82) is 0 Å². The maximum absolute atomic E-state index is 13.1. The summed E-state index contributed by atoms with van der Waals surface area (Å²) in [5.74, 6) is 0.667. The maximum Gasteiger partial charge on any atom is 0.232 e. The molecule has 6 nitrogen and oxygen atoms in total. The predicted octanol–water partition coefficient (Wildman–Crippen LogP) is 3.72. The van der Waals surface area contributed by atoms with Gasteiger partial charge in [-0.05, 0) is 37.1 Å². The number of aromatic hydroxyl groups is 1. The van der Waals surface area contributed by atoms with Crippen molar-refractivity contribution in [2.45, 2.75) is 20.4 Å². The zero-order valence-electron chi connectivity index (χ0n) is 18.0. The van der Waals surface area contributed by atoms with Crippen molar-refractivity contribution in [3.63, 3.8) is 0 Å². The third kappa shape index (κ3) is 4.90. The van der Waals surface area contributed by atoms with Crippen LogP contribution in [0, 0.1) is 13.8 Å². The average Bonchev–Trinajstić information content (AvgIpc) is 3.04. The summed E-state index contributed by atoms with van der Waals surface area (Å²) < 4.78 is 16.4. The van der Waals surface area contributed by atoms with Crippen LogP contribution in [-0.2, 0) is 16.0 Å². The van der Waals surface area contributed by atoms with Gasteiger partial charge in [0.25, 0.3) is 0 Å². The van der Waals surface area contributed by atoms with Gasteiger partial charge in [-0.2, -0.15) is 0 Å². The molecule has 1 N–H and O–H groups in total. The van der Waals surface area contributed by atoms with Gasteiger partial charge in [0.05, 0.1) is 24.3 Å². The first-order valence-electron chi connectivity index (χ1n) is 10.0. The monoisotopic (exact) mass is 411 g/mol. The second-order valence-corrected chi connectivity index (χ2v) is 7.51. The number of aryl methyl sites for hydroxylation is 2. The average molecular weight is 411 g/mol. The molecule has 3 rings (SSSR count). The molecule has 1 heterocycles. The normalized spacial score (nSPS) is 14.4. The van der Waals surface area contributed by atoms with Gasteiger partial charge in [-0.1, -0.05) is 29.8 Å². The highest BCUT2D eigenvalue weighted by molar-refractivity contribution is 6.15. The number of phenols is 1. The first-order chi connectivity index (χ1) is 14.4. The van der Waals surface area contributed by atoms with E-state index in [0.717, 1.165) is 11.1 Å². The van der Waals surface area contributed by atoms with E-state index in [4.69, 9.17) is 14.2 Å². The number of phenolic OH excluding ortho intramolecular Hbond substituents is 1. The van der Waals surface area contributed by atoms with Crippen molar-refractivity contribution >= 4 is 11.9 Å². The van der Waals surface area contributed by atoms with Gasteiger partial charge < -0.3 is 19.3 Å². The number of nitrogens with zero attached hydrogens (tertiary/aromatic N) is 1. The maximum atomic E-state index is 13.1. The highest BCUT2D eigenvalue weighted by Gasteiger charge is 2.33. The van der Waals surface area contributed by atoms with Crippen LogP contribution in [0.15, 0.2) is 36.1 Å². The van der Waals surface area contributed by atoms with Crippen molar-refractivity contribution in [3.05, 3.63) is 63.9 Å². The van der Waals surface area contributed by atoms with Gasteiger partial charge in [0.15, 0.2) is 5.76 Å². The van der Waals surface area contributed by atoms with Crippen molar-refractivity contribution < 1.29 is 24.1 Å². The summed E-state index contributed by atoms with van der Waals surface area (Å²) in [6.45, 7) is 6.69. The molecule has 0 bridgehead atoms. The fraction of sp³-hybridized carbons (Fsp3) is 0.375. The predicted molar refractivity (Wildman–Crippen MR) is 116 cm³/mol. The molecule has 0 amide bonds. The highest BCUT2D eigenvalue weighted by Crippen LogP contribution is 2.42. The molecule has 160 valence electrons. The van der Waals surface area contributed by atoms with Gasteiger partial charge in [0.1, 0.15) is 11.5 Å². The third-order valence-electron chi connectivity index (χ3n) is 5.20. The number of Topliss-reactive ketones (excluding diaryl/α,β-unsaturated/α-hetero) is 1. The smallest absolute Gasteiger partial charge is 0.232 e. The van der Waals surface area contributed by atoms with E-state index in [2.05, 4.69) is 4.90 Å². The lowest BCUT2D eigenvalue weighted by atomic mass is 9.99. The van der Waals surface area contributed by atoms with E-state index in [-0.39, 0.29) is 17.3 Å². The van der Waals surface area contributed by atoms with Gasteiger partial charge in [-0.25, -0.2) is 0 Å². The minimum absolute atomic E-state index is 0.121. The molecule has 0 saturated carbocycles. The quantitative estimate of drug-likeness (QED) is 0.635. The molecule has 30 heavy (non-hydrogen) atoms. The summed E-state index contributed by atoms with van der Waals surface area (Å²) in [6.07, 6.45) is 1.75. The third-order valence-corrected chi connectivity index (χ3v) is 5.20. The van der Waals surface area contributed by atoms with Gasteiger partial charge in [0.2, 0.25) is 5.78 Å².